The number of ether oxygens (including phenoxy) is 6. The lowest BCUT2D eigenvalue weighted by atomic mass is 9.64. The van der Waals surface area contributed by atoms with Crippen molar-refractivity contribution in [3.8, 4) is 0 Å². The predicted octanol–water partition coefficient (Wildman–Crippen LogP) is 13.4. The molecule has 0 saturated carbocycles. The first-order chi connectivity index (χ1) is 50.5. The number of allylic oxidation sites excluding steroid dienone is 10. The highest BCUT2D eigenvalue weighted by Gasteiger charge is 2.55. The lowest BCUT2D eigenvalue weighted by Gasteiger charge is -2.36. The molecule has 0 radical (unpaired) electrons. The fourth-order valence-electron chi connectivity index (χ4n) is 15.4. The number of nitrogens with zero attached hydrogens (tertiary/aromatic N) is 4. The van der Waals surface area contributed by atoms with Crippen LogP contribution in [0.15, 0.2) is 97.1 Å². The summed E-state index contributed by atoms with van der Waals surface area (Å²) in [4.78, 5) is 136. The van der Waals surface area contributed by atoms with E-state index < -0.39 is 58.5 Å². The van der Waals surface area contributed by atoms with Crippen LogP contribution in [0.1, 0.15) is 156 Å². The predicted molar refractivity (Wildman–Crippen MR) is 402 cm³/mol. The van der Waals surface area contributed by atoms with E-state index in [0.717, 1.165) is 88.9 Å². The molecule has 0 saturated heterocycles. The van der Waals surface area contributed by atoms with Gasteiger partial charge >= 0.3 is 47.8 Å². The van der Waals surface area contributed by atoms with Gasteiger partial charge in [0.1, 0.15) is 11.8 Å². The van der Waals surface area contributed by atoms with Crippen LogP contribution in [0.4, 0.5) is 0 Å². The Morgan fingerprint density at radius 3 is 1.12 bits per heavy atom. The van der Waals surface area contributed by atoms with Crippen molar-refractivity contribution in [2.45, 2.75) is 118 Å². The maximum absolute atomic E-state index is 13.7. The number of hydrogen-bond donors (Lipinski definition) is 6. The van der Waals surface area contributed by atoms with E-state index in [1.165, 1.54) is 42.7 Å². The monoisotopic (exact) mass is 1440 g/mol. The average Bonchev–Trinajstić information content (AvgIpc) is 1.53. The van der Waals surface area contributed by atoms with Gasteiger partial charge in [0.25, 0.3) is 0 Å². The summed E-state index contributed by atoms with van der Waals surface area (Å²) in [6.45, 7) is 23.6. The number of aromatic amines is 4. The zero-order valence-electron chi connectivity index (χ0n) is 61.7. The van der Waals surface area contributed by atoms with Crippen molar-refractivity contribution >= 4 is 137 Å². The van der Waals surface area contributed by atoms with Crippen molar-refractivity contribution in [1.29, 1.82) is 0 Å². The Labute approximate surface area is 610 Å². The largest absolute Gasteiger partial charge is 0.481 e. The van der Waals surface area contributed by atoms with Gasteiger partial charge in [0, 0.05) is 80.9 Å². The standard InChI is InChI=1S/2C41H42N4O8/c1-9-23-20(2)29-17-34-27-13-10-26(39(49)52-7)38(40(50)53-8)41(27,5)35(45-34)19-30-22(4)24(11-14-36(46)47)32(44-30)18-33-25(12-15-37(48)51-6)21(3)28(43-33)16-31(23)42-29;1-9-23-20(2)29-17-34-27-13-10-26(39(49)52-7)38(40(50)53-8)41(27,5)35(45-34)19-30-22(4)25(12-15-37(48)51-6)33(44-30)18-32-24(11-14-36(46)47)21(3)28(43-32)16-31(23)42-29/h2*9-10,13,16-19,38,42,44H,1,11-12,14-15H2,2-8H3,(H,46,47)/t2*38-,41+/m11/s1. The van der Waals surface area contributed by atoms with E-state index in [1.807, 2.05) is 104 Å². The number of H-pyrrole nitrogens is 4. The van der Waals surface area contributed by atoms with Crippen molar-refractivity contribution in [2.24, 2.45) is 11.8 Å². The number of aliphatic carboxylic acids is 2. The first-order valence-corrected chi connectivity index (χ1v) is 34.4. The smallest absolute Gasteiger partial charge is 0.334 e. The zero-order valence-corrected chi connectivity index (χ0v) is 61.7. The molecule has 6 aromatic heterocycles. The van der Waals surface area contributed by atoms with Crippen molar-refractivity contribution in [1.82, 2.24) is 39.9 Å². The SMILES string of the molecule is C=Cc1c(C)c2cc3nc(cc4[nH]c(cc5nc(cc1[nH]2)C(C)=C5CCC(=O)O)c(CCC(=O)OC)c4C)[C@]1(C)C3=CC=C(C(=O)OC)[C@@H]1C(=O)OC.C=Cc1c(C)c2cc3nc(cc4[nH]c(cc5nc(cc1[nH]2)C(C)=C5CCC(=O)OC)c(CCC(=O)O)c4C)[C@]1(C)C3=CC=C(C(=O)OC)[C@@H]1C(=O)OC. The molecule has 0 spiro atoms. The molecule has 0 fully saturated rings. The average molecular weight is 1440 g/mol. The van der Waals surface area contributed by atoms with Crippen molar-refractivity contribution in [3.63, 3.8) is 0 Å². The fourth-order valence-corrected chi connectivity index (χ4v) is 15.4. The van der Waals surface area contributed by atoms with Gasteiger partial charge in [0.05, 0.1) is 110 Å². The van der Waals surface area contributed by atoms with Crippen LogP contribution >= 0.6 is 0 Å². The maximum Gasteiger partial charge on any atom is 0.334 e. The quantitative estimate of drug-likeness (QED) is 0.0344. The number of carbonyl (C=O) groups is 8. The Kier molecular flexibility index (Phi) is 21.2. The number of aromatic nitrogens is 8. The van der Waals surface area contributed by atoms with Crippen LogP contribution in [-0.2, 0) is 90.4 Å². The van der Waals surface area contributed by atoms with Gasteiger partial charge in [-0.15, -0.1) is 0 Å². The van der Waals surface area contributed by atoms with Gasteiger partial charge in [0.15, 0.2) is 0 Å². The summed E-state index contributed by atoms with van der Waals surface area (Å²) >= 11 is 0. The number of carbonyl (C=O) groups excluding carboxylic acids is 6. The molecule has 0 amide bonds. The summed E-state index contributed by atoms with van der Waals surface area (Å²) < 4.78 is 30.7. The molecule has 6 aromatic rings. The van der Waals surface area contributed by atoms with Gasteiger partial charge in [-0.05, 0) is 196 Å². The topological polar surface area (TPSA) is 347 Å². The van der Waals surface area contributed by atoms with E-state index in [-0.39, 0.29) is 61.6 Å². The Bertz CT molecular complexity index is 5410. The van der Waals surface area contributed by atoms with Gasteiger partial charge in [-0.2, -0.15) is 0 Å². The molecule has 0 unspecified atom stereocenters. The lowest BCUT2D eigenvalue weighted by Crippen LogP contribution is -2.42. The first kappa shape index (κ1) is 75.1. The molecule has 106 heavy (non-hydrogen) atoms. The number of carboxylic acid groups (broad SMARTS) is 2. The molecule has 2 aliphatic carbocycles. The van der Waals surface area contributed by atoms with E-state index in [2.05, 4.69) is 33.1 Å². The van der Waals surface area contributed by atoms with E-state index in [4.69, 9.17) is 48.4 Å². The minimum Gasteiger partial charge on any atom is -0.481 e. The van der Waals surface area contributed by atoms with Gasteiger partial charge in [-0.25, -0.2) is 19.6 Å². The van der Waals surface area contributed by atoms with Crippen LogP contribution in [0.3, 0.4) is 0 Å². The minimum absolute atomic E-state index is 0.0837. The second kappa shape index (κ2) is 29.9. The molecule has 0 aromatic carbocycles. The third kappa shape index (κ3) is 13.4. The molecule has 10 heterocycles. The van der Waals surface area contributed by atoms with Crippen molar-refractivity contribution < 1.29 is 77.0 Å². The fraction of sp³-hybridized carbons (Fsp3) is 0.317. The number of hydrogen-bond acceptors (Lipinski definition) is 18. The summed E-state index contributed by atoms with van der Waals surface area (Å²) in [6.07, 6.45) is 11.6. The molecule has 548 valence electrons. The normalized spacial score (nSPS) is 17.8. The number of rotatable bonds is 18. The second-order valence-electron chi connectivity index (χ2n) is 27.0. The van der Waals surface area contributed by atoms with E-state index in [1.54, 1.807) is 36.5 Å². The van der Waals surface area contributed by atoms with Gasteiger partial charge in [-0.3, -0.25) is 38.7 Å². The molecular formula is C82H84N8O16. The van der Waals surface area contributed by atoms with Crippen LogP contribution < -0.4 is 0 Å². The Balaban J connectivity index is 0.000000212. The van der Waals surface area contributed by atoms with Crippen molar-refractivity contribution in [2.75, 3.05) is 42.7 Å². The number of esters is 6. The van der Waals surface area contributed by atoms with Gasteiger partial charge in [-0.1, -0.05) is 49.6 Å². The lowest BCUT2D eigenvalue weighted by molar-refractivity contribution is -0.149. The highest BCUT2D eigenvalue weighted by molar-refractivity contribution is 6.04. The molecule has 4 aliphatic heterocycles. The van der Waals surface area contributed by atoms with Gasteiger partial charge in [0.2, 0.25) is 0 Å². The molecule has 16 bridgehead atoms. The van der Waals surface area contributed by atoms with Gasteiger partial charge < -0.3 is 58.6 Å². The molecule has 12 rings (SSSR count). The highest BCUT2D eigenvalue weighted by Crippen LogP contribution is 2.54. The number of fused-ring (bicyclic) bond motifs is 22. The number of nitrogens with one attached hydrogen (secondary N) is 4. The molecule has 6 N–H and O–H groups in total. The van der Waals surface area contributed by atoms with Crippen LogP contribution in [0.25, 0.3) is 89.7 Å². The summed E-state index contributed by atoms with van der Waals surface area (Å²) in [6, 6.07) is 15.2. The number of aryl methyl sites for hydroxylation is 6. The zero-order chi connectivity index (χ0) is 76.7. The summed E-state index contributed by atoms with van der Waals surface area (Å²) in [7, 11) is 7.78. The van der Waals surface area contributed by atoms with E-state index in [0.29, 0.717) is 91.6 Å². The maximum atomic E-state index is 13.7. The summed E-state index contributed by atoms with van der Waals surface area (Å²) in [5.74, 6) is -7.34. The first-order valence-electron chi connectivity index (χ1n) is 34.4. The van der Waals surface area contributed by atoms with Crippen LogP contribution in [-0.4, -0.2) is 140 Å². The molecule has 6 aliphatic rings. The Morgan fingerprint density at radius 2 is 0.755 bits per heavy atom. The van der Waals surface area contributed by atoms with Crippen LogP contribution in [0, 0.1) is 39.5 Å². The number of methoxy groups -OCH3 is 6. The van der Waals surface area contributed by atoms with E-state index >= 15 is 0 Å². The molecule has 4 atom stereocenters. The summed E-state index contributed by atoms with van der Waals surface area (Å²) in [5.41, 5.74) is 19.8. The van der Waals surface area contributed by atoms with E-state index in [9.17, 15) is 48.6 Å². The molecule has 24 heteroatoms. The Hall–Kier alpha value is -12.1. The highest BCUT2D eigenvalue weighted by atomic mass is 16.5. The summed E-state index contributed by atoms with van der Waals surface area (Å²) in [5, 5.41) is 19.3. The molecular weight excluding hydrogens is 1350 g/mol. The van der Waals surface area contributed by atoms with Crippen LogP contribution in [0.5, 0.6) is 0 Å². The third-order valence-electron chi connectivity index (χ3n) is 21.4. The second-order valence-corrected chi connectivity index (χ2v) is 27.0. The Morgan fingerprint density at radius 1 is 0.415 bits per heavy atom. The number of carboxylic acids is 2. The third-order valence-corrected chi connectivity index (χ3v) is 21.4. The van der Waals surface area contributed by atoms with Crippen LogP contribution in [0.2, 0.25) is 0 Å². The molecule has 24 nitrogen and oxygen atoms in total. The minimum atomic E-state index is -1.18. The van der Waals surface area contributed by atoms with Crippen molar-refractivity contribution in [3.05, 3.63) is 187 Å².